The second-order valence-corrected chi connectivity index (χ2v) is 6.44. The van der Waals surface area contributed by atoms with E-state index in [1.807, 2.05) is 30.3 Å². The maximum absolute atomic E-state index is 12.6. The van der Waals surface area contributed by atoms with E-state index in [2.05, 4.69) is 0 Å². The summed E-state index contributed by atoms with van der Waals surface area (Å²) in [7, 11) is 0. The molecule has 6 heteroatoms. The summed E-state index contributed by atoms with van der Waals surface area (Å²) < 4.78 is 15.7. The second-order valence-electron chi connectivity index (χ2n) is 6.44. The van der Waals surface area contributed by atoms with Gasteiger partial charge in [-0.15, -0.1) is 0 Å². The lowest BCUT2D eigenvalue weighted by atomic mass is 9.73. The molecular formula is C20H18O6. The molecule has 1 fully saturated rings. The number of hydrogen-bond acceptors (Lipinski definition) is 6. The Morgan fingerprint density at radius 1 is 1.15 bits per heavy atom. The second kappa shape index (κ2) is 6.44. The fraction of sp³-hybridized carbons (Fsp3) is 0.350. The molecule has 0 unspecified atom stereocenters. The van der Waals surface area contributed by atoms with Crippen LogP contribution in [-0.4, -0.2) is 31.1 Å². The number of ether oxygens (including phenoxy) is 3. The number of benzene rings is 2. The summed E-state index contributed by atoms with van der Waals surface area (Å²) in [5, 5.41) is 1.81. The van der Waals surface area contributed by atoms with Crippen LogP contribution >= 0.6 is 0 Å². The third-order valence-electron chi connectivity index (χ3n) is 5.04. The highest BCUT2D eigenvalue weighted by Crippen LogP contribution is 2.48. The van der Waals surface area contributed by atoms with Gasteiger partial charge >= 0.3 is 17.9 Å². The average Bonchev–Trinajstić information content (AvgIpc) is 3.06. The Bertz CT molecular complexity index is 902. The van der Waals surface area contributed by atoms with Gasteiger partial charge in [0.2, 0.25) is 0 Å². The highest BCUT2D eigenvalue weighted by atomic mass is 16.6. The van der Waals surface area contributed by atoms with Gasteiger partial charge in [0.1, 0.15) is 5.75 Å². The Hall–Kier alpha value is -2.89. The lowest BCUT2D eigenvalue weighted by Gasteiger charge is -2.33. The Morgan fingerprint density at radius 3 is 2.69 bits per heavy atom. The van der Waals surface area contributed by atoms with Crippen molar-refractivity contribution in [1.29, 1.82) is 0 Å². The fourth-order valence-electron chi connectivity index (χ4n) is 3.94. The predicted octanol–water partition coefficient (Wildman–Crippen LogP) is 2.58. The first-order chi connectivity index (χ1) is 12.6. The molecule has 2 heterocycles. The summed E-state index contributed by atoms with van der Waals surface area (Å²) >= 11 is 0. The molecule has 6 nitrogen and oxygen atoms in total. The van der Waals surface area contributed by atoms with Gasteiger partial charge in [-0.1, -0.05) is 30.3 Å². The van der Waals surface area contributed by atoms with Crippen LogP contribution in [0.1, 0.15) is 24.8 Å². The SMILES string of the molecule is CCOC(=O)[C@H]1C(=O)Oc2ccc3ccccc3c2[C@H]1[C@@H]1CCOC1=O. The molecule has 134 valence electrons. The minimum atomic E-state index is -1.18. The molecule has 3 atom stereocenters. The summed E-state index contributed by atoms with van der Waals surface area (Å²) in [4.78, 5) is 37.5. The molecule has 1 saturated heterocycles. The number of esters is 3. The molecule has 2 aromatic rings. The maximum atomic E-state index is 12.6. The molecule has 0 radical (unpaired) electrons. The molecule has 0 amide bonds. The van der Waals surface area contributed by atoms with Crippen molar-refractivity contribution >= 4 is 28.7 Å². The van der Waals surface area contributed by atoms with Gasteiger partial charge in [0.05, 0.1) is 19.1 Å². The Morgan fingerprint density at radius 2 is 1.96 bits per heavy atom. The first kappa shape index (κ1) is 16.6. The van der Waals surface area contributed by atoms with Crippen molar-refractivity contribution in [1.82, 2.24) is 0 Å². The van der Waals surface area contributed by atoms with Crippen LogP contribution in [-0.2, 0) is 23.9 Å². The van der Waals surface area contributed by atoms with Crippen molar-refractivity contribution in [2.24, 2.45) is 11.8 Å². The largest absolute Gasteiger partial charge is 0.465 e. The predicted molar refractivity (Wildman–Crippen MR) is 91.5 cm³/mol. The molecule has 2 aliphatic rings. The molecule has 0 saturated carbocycles. The summed E-state index contributed by atoms with van der Waals surface area (Å²) in [6.45, 7) is 2.10. The van der Waals surface area contributed by atoms with E-state index in [-0.39, 0.29) is 13.2 Å². The average molecular weight is 354 g/mol. The van der Waals surface area contributed by atoms with Gasteiger partial charge in [0, 0.05) is 11.5 Å². The quantitative estimate of drug-likeness (QED) is 0.479. The van der Waals surface area contributed by atoms with Crippen molar-refractivity contribution in [2.75, 3.05) is 13.2 Å². The number of fused-ring (bicyclic) bond motifs is 3. The highest BCUT2D eigenvalue weighted by Gasteiger charge is 2.51. The first-order valence-corrected chi connectivity index (χ1v) is 8.68. The Kier molecular flexibility index (Phi) is 4.11. The van der Waals surface area contributed by atoms with Gasteiger partial charge < -0.3 is 14.2 Å². The zero-order chi connectivity index (χ0) is 18.3. The number of carbonyl (C=O) groups is 3. The van der Waals surface area contributed by atoms with Gasteiger partial charge in [-0.05, 0) is 30.2 Å². The molecule has 2 aromatic carbocycles. The zero-order valence-electron chi connectivity index (χ0n) is 14.3. The monoisotopic (exact) mass is 354 g/mol. The molecule has 0 N–H and O–H groups in total. The van der Waals surface area contributed by atoms with E-state index in [0.717, 1.165) is 10.8 Å². The minimum absolute atomic E-state index is 0.146. The molecular weight excluding hydrogens is 336 g/mol. The van der Waals surface area contributed by atoms with Crippen molar-refractivity contribution in [3.63, 3.8) is 0 Å². The molecule has 0 spiro atoms. The van der Waals surface area contributed by atoms with E-state index in [1.165, 1.54) is 0 Å². The van der Waals surface area contributed by atoms with Crippen LogP contribution in [0.25, 0.3) is 10.8 Å². The molecule has 4 rings (SSSR count). The Labute approximate surface area is 150 Å². The van der Waals surface area contributed by atoms with Crippen molar-refractivity contribution in [3.05, 3.63) is 42.0 Å². The van der Waals surface area contributed by atoms with Crippen molar-refractivity contribution < 1.29 is 28.6 Å². The first-order valence-electron chi connectivity index (χ1n) is 8.68. The van der Waals surface area contributed by atoms with Crippen LogP contribution in [0.5, 0.6) is 5.75 Å². The zero-order valence-corrected chi connectivity index (χ0v) is 14.3. The summed E-state index contributed by atoms with van der Waals surface area (Å²) in [6.07, 6.45) is 0.454. The van der Waals surface area contributed by atoms with Crippen LogP contribution in [0, 0.1) is 11.8 Å². The minimum Gasteiger partial charge on any atom is -0.465 e. The fourth-order valence-corrected chi connectivity index (χ4v) is 3.94. The lowest BCUT2D eigenvalue weighted by molar-refractivity contribution is -0.160. The molecule has 2 aliphatic heterocycles. The van der Waals surface area contributed by atoms with Gasteiger partial charge in [0.15, 0.2) is 5.92 Å². The number of carbonyl (C=O) groups excluding carboxylic acids is 3. The number of rotatable bonds is 3. The van der Waals surface area contributed by atoms with Crippen molar-refractivity contribution in [3.8, 4) is 5.75 Å². The van der Waals surface area contributed by atoms with Gasteiger partial charge in [-0.2, -0.15) is 0 Å². The van der Waals surface area contributed by atoms with Gasteiger partial charge in [0.25, 0.3) is 0 Å². The van der Waals surface area contributed by atoms with Crippen LogP contribution in [0.4, 0.5) is 0 Å². The molecule has 26 heavy (non-hydrogen) atoms. The third-order valence-corrected chi connectivity index (χ3v) is 5.04. The summed E-state index contributed by atoms with van der Waals surface area (Å²) in [5.41, 5.74) is 0.699. The Balaban J connectivity index is 1.94. The van der Waals surface area contributed by atoms with E-state index in [4.69, 9.17) is 14.2 Å². The van der Waals surface area contributed by atoms with Crippen LogP contribution < -0.4 is 4.74 Å². The lowest BCUT2D eigenvalue weighted by Crippen LogP contribution is -2.42. The van der Waals surface area contributed by atoms with E-state index in [9.17, 15) is 14.4 Å². The van der Waals surface area contributed by atoms with Crippen molar-refractivity contribution in [2.45, 2.75) is 19.3 Å². The topological polar surface area (TPSA) is 78.9 Å². The van der Waals surface area contributed by atoms with E-state index in [0.29, 0.717) is 17.7 Å². The van der Waals surface area contributed by atoms with Crippen LogP contribution in [0.15, 0.2) is 36.4 Å². The standard InChI is InChI=1S/C20H18O6/c1-2-24-19(22)17-16(13-9-10-25-18(13)21)15-12-6-4-3-5-11(12)7-8-14(15)26-20(17)23/h3-8,13,16-17H,2,9-10H2,1H3/t13-,16+,17-/m0/s1. The normalized spacial score (nSPS) is 24.7. The summed E-state index contributed by atoms with van der Waals surface area (Å²) in [5.74, 6) is -3.77. The van der Waals surface area contributed by atoms with Crippen LogP contribution in [0.2, 0.25) is 0 Å². The highest BCUT2D eigenvalue weighted by molar-refractivity contribution is 6.02. The third kappa shape index (κ3) is 2.53. The van der Waals surface area contributed by atoms with Gasteiger partial charge in [-0.3, -0.25) is 14.4 Å². The van der Waals surface area contributed by atoms with E-state index in [1.54, 1.807) is 13.0 Å². The van der Waals surface area contributed by atoms with E-state index < -0.39 is 35.7 Å². The van der Waals surface area contributed by atoms with Crippen LogP contribution in [0.3, 0.4) is 0 Å². The molecule has 0 aliphatic carbocycles. The van der Waals surface area contributed by atoms with Gasteiger partial charge in [-0.25, -0.2) is 0 Å². The smallest absolute Gasteiger partial charge is 0.326 e. The van der Waals surface area contributed by atoms with E-state index >= 15 is 0 Å². The molecule has 0 aromatic heterocycles. The number of cyclic esters (lactones) is 1. The maximum Gasteiger partial charge on any atom is 0.326 e. The summed E-state index contributed by atoms with van der Waals surface area (Å²) in [6, 6.07) is 11.2. The number of hydrogen-bond donors (Lipinski definition) is 0. The molecule has 0 bridgehead atoms.